The molecule has 0 radical (unpaired) electrons. The van der Waals surface area contributed by atoms with E-state index in [1.54, 1.807) is 12.1 Å². The van der Waals surface area contributed by atoms with Gasteiger partial charge in [-0.2, -0.15) is 0 Å². The Labute approximate surface area is 125 Å². The van der Waals surface area contributed by atoms with Crippen LogP contribution in [0.15, 0.2) is 36.4 Å². The number of halogens is 3. The standard InChI is InChI=1S/C15H13ClF2N2O/c1-9-2-5-14(11(16)6-9)19-8-15(21)20-10-3-4-12(17)13(18)7-10/h2-7,19H,8H2,1H3,(H,20,21). The number of carbonyl (C=O) groups is 1. The fourth-order valence-electron chi connectivity index (χ4n) is 1.72. The molecule has 2 aromatic rings. The summed E-state index contributed by atoms with van der Waals surface area (Å²) in [6.45, 7) is 1.87. The number of rotatable bonds is 4. The van der Waals surface area contributed by atoms with Crippen molar-refractivity contribution < 1.29 is 13.6 Å². The Morgan fingerprint density at radius 1 is 1.14 bits per heavy atom. The molecule has 3 nitrogen and oxygen atoms in total. The first-order valence-electron chi connectivity index (χ1n) is 6.20. The SMILES string of the molecule is Cc1ccc(NCC(=O)Nc2ccc(F)c(F)c2)c(Cl)c1. The molecule has 0 atom stereocenters. The molecule has 0 unspecified atom stereocenters. The van der Waals surface area contributed by atoms with Gasteiger partial charge in [-0.25, -0.2) is 8.78 Å². The molecule has 0 aliphatic carbocycles. The minimum absolute atomic E-state index is 0.0399. The fourth-order valence-corrected chi connectivity index (χ4v) is 2.02. The summed E-state index contributed by atoms with van der Waals surface area (Å²) in [7, 11) is 0. The third-order valence-corrected chi connectivity index (χ3v) is 3.08. The van der Waals surface area contributed by atoms with E-state index in [0.717, 1.165) is 17.7 Å². The number of nitrogens with one attached hydrogen (secondary N) is 2. The second kappa shape index (κ2) is 6.54. The largest absolute Gasteiger partial charge is 0.375 e. The van der Waals surface area contributed by atoms with Crippen LogP contribution in [0.5, 0.6) is 0 Å². The molecule has 0 aliphatic rings. The first-order valence-corrected chi connectivity index (χ1v) is 6.58. The molecule has 2 aromatic carbocycles. The van der Waals surface area contributed by atoms with Gasteiger partial charge in [0, 0.05) is 11.8 Å². The molecule has 0 saturated heterocycles. The average molecular weight is 311 g/mol. The molecule has 0 heterocycles. The van der Waals surface area contributed by atoms with Crippen LogP contribution in [0.4, 0.5) is 20.2 Å². The van der Waals surface area contributed by atoms with E-state index >= 15 is 0 Å². The highest BCUT2D eigenvalue weighted by Crippen LogP contribution is 2.22. The van der Waals surface area contributed by atoms with E-state index in [2.05, 4.69) is 10.6 Å². The first-order chi connectivity index (χ1) is 9.95. The highest BCUT2D eigenvalue weighted by atomic mass is 35.5. The van der Waals surface area contributed by atoms with Gasteiger partial charge >= 0.3 is 0 Å². The van der Waals surface area contributed by atoms with Crippen molar-refractivity contribution in [2.24, 2.45) is 0 Å². The summed E-state index contributed by atoms with van der Waals surface area (Å²) >= 11 is 6.03. The lowest BCUT2D eigenvalue weighted by Gasteiger charge is -2.10. The second-order valence-corrected chi connectivity index (χ2v) is 4.92. The predicted octanol–water partition coefficient (Wildman–Crippen LogP) is 3.98. The van der Waals surface area contributed by atoms with E-state index in [0.29, 0.717) is 10.7 Å². The van der Waals surface area contributed by atoms with Gasteiger partial charge in [0.1, 0.15) is 0 Å². The molecule has 1 amide bonds. The van der Waals surface area contributed by atoms with Crippen LogP contribution in [0.3, 0.4) is 0 Å². The highest BCUT2D eigenvalue weighted by molar-refractivity contribution is 6.33. The number of hydrogen-bond donors (Lipinski definition) is 2. The molecule has 110 valence electrons. The minimum Gasteiger partial charge on any atom is -0.375 e. The van der Waals surface area contributed by atoms with Crippen LogP contribution in [-0.2, 0) is 4.79 Å². The number of amides is 1. The lowest BCUT2D eigenvalue weighted by molar-refractivity contribution is -0.114. The van der Waals surface area contributed by atoms with Gasteiger partial charge in [-0.1, -0.05) is 17.7 Å². The summed E-state index contributed by atoms with van der Waals surface area (Å²) in [5.74, 6) is -2.36. The van der Waals surface area contributed by atoms with Crippen LogP contribution in [0.1, 0.15) is 5.56 Å². The molecule has 0 spiro atoms. The van der Waals surface area contributed by atoms with Gasteiger partial charge in [0.15, 0.2) is 11.6 Å². The third-order valence-electron chi connectivity index (χ3n) is 2.77. The van der Waals surface area contributed by atoms with Gasteiger partial charge in [-0.15, -0.1) is 0 Å². The molecule has 2 rings (SSSR count). The number of carbonyl (C=O) groups excluding carboxylic acids is 1. The van der Waals surface area contributed by atoms with Crippen molar-refractivity contribution in [3.8, 4) is 0 Å². The normalized spacial score (nSPS) is 10.3. The minimum atomic E-state index is -1.01. The van der Waals surface area contributed by atoms with Crippen molar-refractivity contribution in [3.05, 3.63) is 58.6 Å². The molecule has 0 saturated carbocycles. The quantitative estimate of drug-likeness (QED) is 0.897. The maximum Gasteiger partial charge on any atom is 0.243 e. The van der Waals surface area contributed by atoms with E-state index < -0.39 is 17.5 Å². The smallest absolute Gasteiger partial charge is 0.243 e. The highest BCUT2D eigenvalue weighted by Gasteiger charge is 2.07. The second-order valence-electron chi connectivity index (χ2n) is 4.51. The van der Waals surface area contributed by atoms with E-state index in [9.17, 15) is 13.6 Å². The number of anilines is 2. The summed E-state index contributed by atoms with van der Waals surface area (Å²) < 4.78 is 25.8. The van der Waals surface area contributed by atoms with Crippen LogP contribution in [0, 0.1) is 18.6 Å². The Morgan fingerprint density at radius 3 is 2.57 bits per heavy atom. The van der Waals surface area contributed by atoms with Gasteiger partial charge in [-0.3, -0.25) is 4.79 Å². The van der Waals surface area contributed by atoms with E-state index in [1.165, 1.54) is 6.07 Å². The molecule has 0 aliphatic heterocycles. The lowest BCUT2D eigenvalue weighted by Crippen LogP contribution is -2.22. The summed E-state index contributed by atoms with van der Waals surface area (Å²) in [5, 5.41) is 5.84. The zero-order valence-electron chi connectivity index (χ0n) is 11.2. The van der Waals surface area contributed by atoms with Crippen LogP contribution in [0.2, 0.25) is 5.02 Å². The van der Waals surface area contributed by atoms with Crippen molar-refractivity contribution in [1.82, 2.24) is 0 Å². The Kier molecular flexibility index (Phi) is 4.75. The van der Waals surface area contributed by atoms with Crippen LogP contribution in [0.25, 0.3) is 0 Å². The monoisotopic (exact) mass is 310 g/mol. The topological polar surface area (TPSA) is 41.1 Å². The third kappa shape index (κ3) is 4.16. The maximum absolute atomic E-state index is 13.0. The molecule has 0 fully saturated rings. The molecule has 0 aromatic heterocycles. The Hall–Kier alpha value is -2.14. The zero-order chi connectivity index (χ0) is 15.4. The molecular weight excluding hydrogens is 298 g/mol. The van der Waals surface area contributed by atoms with E-state index in [1.807, 2.05) is 13.0 Å². The van der Waals surface area contributed by atoms with Gasteiger partial charge in [0.25, 0.3) is 0 Å². The molecular formula is C15H13ClF2N2O. The van der Waals surface area contributed by atoms with Gasteiger partial charge in [-0.05, 0) is 36.8 Å². The molecule has 21 heavy (non-hydrogen) atoms. The zero-order valence-corrected chi connectivity index (χ0v) is 12.0. The predicted molar refractivity (Wildman–Crippen MR) is 79.7 cm³/mol. The average Bonchev–Trinajstić information content (AvgIpc) is 2.42. The van der Waals surface area contributed by atoms with Gasteiger partial charge in [0.05, 0.1) is 17.3 Å². The van der Waals surface area contributed by atoms with Crippen molar-refractivity contribution in [2.75, 3.05) is 17.2 Å². The van der Waals surface area contributed by atoms with E-state index in [4.69, 9.17) is 11.6 Å². The van der Waals surface area contributed by atoms with E-state index in [-0.39, 0.29) is 12.2 Å². The maximum atomic E-state index is 13.0. The first kappa shape index (κ1) is 15.3. The fraction of sp³-hybridized carbons (Fsp3) is 0.133. The summed E-state index contributed by atoms with van der Waals surface area (Å²) in [5.41, 5.74) is 1.83. The van der Waals surface area contributed by atoms with Crippen LogP contribution in [-0.4, -0.2) is 12.5 Å². The Bertz CT molecular complexity index is 677. The van der Waals surface area contributed by atoms with Crippen molar-refractivity contribution in [3.63, 3.8) is 0 Å². The van der Waals surface area contributed by atoms with Crippen molar-refractivity contribution in [1.29, 1.82) is 0 Å². The number of hydrogen-bond acceptors (Lipinski definition) is 2. The Balaban J connectivity index is 1.94. The summed E-state index contributed by atoms with van der Waals surface area (Å²) in [6, 6.07) is 8.57. The van der Waals surface area contributed by atoms with Crippen molar-refractivity contribution >= 4 is 28.9 Å². The Morgan fingerprint density at radius 2 is 1.90 bits per heavy atom. The van der Waals surface area contributed by atoms with Gasteiger partial charge < -0.3 is 10.6 Å². The number of benzene rings is 2. The number of aryl methyl sites for hydroxylation is 1. The van der Waals surface area contributed by atoms with Crippen LogP contribution < -0.4 is 10.6 Å². The summed E-state index contributed by atoms with van der Waals surface area (Å²) in [6.07, 6.45) is 0. The lowest BCUT2D eigenvalue weighted by atomic mass is 10.2. The van der Waals surface area contributed by atoms with Gasteiger partial charge in [0.2, 0.25) is 5.91 Å². The van der Waals surface area contributed by atoms with Crippen LogP contribution >= 0.6 is 11.6 Å². The summed E-state index contributed by atoms with van der Waals surface area (Å²) in [4.78, 5) is 11.7. The molecule has 2 N–H and O–H groups in total. The molecule has 0 bridgehead atoms. The van der Waals surface area contributed by atoms with Crippen molar-refractivity contribution in [2.45, 2.75) is 6.92 Å². The molecule has 6 heteroatoms.